The van der Waals surface area contributed by atoms with Crippen molar-refractivity contribution in [3.63, 3.8) is 0 Å². The lowest BCUT2D eigenvalue weighted by Gasteiger charge is -2.32. The number of aliphatic hydroxyl groups excluding tert-OH is 1. The van der Waals surface area contributed by atoms with E-state index in [9.17, 15) is 9.90 Å². The van der Waals surface area contributed by atoms with Gasteiger partial charge in [-0.15, -0.1) is 0 Å². The molecule has 4 nitrogen and oxygen atoms in total. The fourth-order valence-electron chi connectivity index (χ4n) is 3.20. The van der Waals surface area contributed by atoms with Crippen LogP contribution in [0.3, 0.4) is 0 Å². The average Bonchev–Trinajstić information content (AvgIpc) is 3.02. The lowest BCUT2D eigenvalue weighted by atomic mass is 9.96. The number of amides is 1. The Hall–Kier alpha value is -2.17. The van der Waals surface area contributed by atoms with E-state index in [1.807, 2.05) is 60.7 Å². The predicted octanol–water partition coefficient (Wildman–Crippen LogP) is 1.96. The number of aliphatic hydroxyl groups is 1. The third kappa shape index (κ3) is 3.28. The van der Waals surface area contributed by atoms with Crippen molar-refractivity contribution in [2.75, 3.05) is 13.6 Å². The highest BCUT2D eigenvalue weighted by molar-refractivity contribution is 5.83. The first-order valence-corrected chi connectivity index (χ1v) is 7.96. The highest BCUT2D eigenvalue weighted by atomic mass is 16.3. The first-order chi connectivity index (χ1) is 11.2. The Labute approximate surface area is 136 Å². The smallest absolute Gasteiger partial charge is 0.242 e. The lowest BCUT2D eigenvalue weighted by molar-refractivity contribution is -0.135. The minimum atomic E-state index is -0.614. The SMILES string of the molecule is CN(C(=O)[C@H]1NCCC1O)C(c1ccccc1)c1ccccc1. The Bertz CT molecular complexity index is 605. The molecule has 1 saturated heterocycles. The summed E-state index contributed by atoms with van der Waals surface area (Å²) in [6, 6.07) is 19.3. The third-order valence-corrected chi connectivity index (χ3v) is 4.42. The maximum absolute atomic E-state index is 12.8. The Morgan fingerprint density at radius 1 is 1.09 bits per heavy atom. The molecule has 2 N–H and O–H groups in total. The van der Waals surface area contributed by atoms with Crippen molar-refractivity contribution in [1.29, 1.82) is 0 Å². The van der Waals surface area contributed by atoms with Gasteiger partial charge in [0.25, 0.3) is 0 Å². The number of nitrogens with zero attached hydrogens (tertiary/aromatic N) is 1. The second-order valence-electron chi connectivity index (χ2n) is 5.96. The molecule has 1 heterocycles. The van der Waals surface area contributed by atoms with Crippen LogP contribution in [0.4, 0.5) is 0 Å². The molecule has 0 spiro atoms. The van der Waals surface area contributed by atoms with Crippen molar-refractivity contribution in [2.45, 2.75) is 24.6 Å². The number of hydrogen-bond donors (Lipinski definition) is 2. The molecule has 2 aromatic carbocycles. The van der Waals surface area contributed by atoms with Crippen LogP contribution in [0, 0.1) is 0 Å². The third-order valence-electron chi connectivity index (χ3n) is 4.42. The van der Waals surface area contributed by atoms with E-state index in [4.69, 9.17) is 0 Å². The molecule has 23 heavy (non-hydrogen) atoms. The number of hydrogen-bond acceptors (Lipinski definition) is 3. The molecule has 2 atom stereocenters. The summed E-state index contributed by atoms with van der Waals surface area (Å²) in [6.07, 6.45) is 0.00290. The zero-order chi connectivity index (χ0) is 16.2. The maximum Gasteiger partial charge on any atom is 0.242 e. The molecule has 120 valence electrons. The molecule has 0 bridgehead atoms. The Morgan fingerprint density at radius 2 is 1.61 bits per heavy atom. The molecular formula is C19H22N2O2. The number of benzene rings is 2. The standard InChI is InChI=1S/C19H22N2O2/c1-21(19(23)17-16(22)12-13-20-17)18(14-8-4-2-5-9-14)15-10-6-3-7-11-15/h2-11,16-18,20,22H,12-13H2,1H3/t16?,17-/m0/s1. The van der Waals surface area contributed by atoms with Crippen LogP contribution in [0.25, 0.3) is 0 Å². The molecule has 1 aliphatic heterocycles. The van der Waals surface area contributed by atoms with Crippen molar-refractivity contribution < 1.29 is 9.90 Å². The van der Waals surface area contributed by atoms with Gasteiger partial charge in [0.05, 0.1) is 12.1 Å². The van der Waals surface area contributed by atoms with Crippen LogP contribution in [0.2, 0.25) is 0 Å². The van der Waals surface area contributed by atoms with Gasteiger partial charge in [-0.25, -0.2) is 0 Å². The van der Waals surface area contributed by atoms with E-state index in [2.05, 4.69) is 5.32 Å². The van der Waals surface area contributed by atoms with Gasteiger partial charge in [-0.1, -0.05) is 60.7 Å². The predicted molar refractivity (Wildman–Crippen MR) is 89.9 cm³/mol. The summed E-state index contributed by atoms with van der Waals surface area (Å²) in [6.45, 7) is 0.673. The summed E-state index contributed by atoms with van der Waals surface area (Å²) in [5.41, 5.74) is 2.11. The van der Waals surface area contributed by atoms with Crippen LogP contribution in [0.1, 0.15) is 23.6 Å². The molecular weight excluding hydrogens is 288 g/mol. The number of nitrogens with one attached hydrogen (secondary N) is 1. The highest BCUT2D eigenvalue weighted by Gasteiger charge is 2.35. The molecule has 4 heteroatoms. The number of rotatable bonds is 4. The minimum Gasteiger partial charge on any atom is -0.391 e. The number of carbonyl (C=O) groups excluding carboxylic acids is 1. The van der Waals surface area contributed by atoms with Gasteiger partial charge in [0.1, 0.15) is 6.04 Å². The fourth-order valence-corrected chi connectivity index (χ4v) is 3.20. The monoisotopic (exact) mass is 310 g/mol. The van der Waals surface area contributed by atoms with Gasteiger partial charge in [0.2, 0.25) is 5.91 Å². The van der Waals surface area contributed by atoms with Gasteiger partial charge >= 0.3 is 0 Å². The van der Waals surface area contributed by atoms with Gasteiger partial charge in [0.15, 0.2) is 0 Å². The van der Waals surface area contributed by atoms with E-state index in [1.54, 1.807) is 11.9 Å². The largest absolute Gasteiger partial charge is 0.391 e. The molecule has 1 fully saturated rings. The molecule has 0 radical (unpaired) electrons. The van der Waals surface area contributed by atoms with Crippen LogP contribution in [0.15, 0.2) is 60.7 Å². The van der Waals surface area contributed by atoms with E-state index < -0.39 is 12.1 Å². The fraction of sp³-hybridized carbons (Fsp3) is 0.316. The Balaban J connectivity index is 1.93. The van der Waals surface area contributed by atoms with E-state index in [1.165, 1.54) is 0 Å². The zero-order valence-electron chi connectivity index (χ0n) is 13.2. The molecule has 1 aliphatic rings. The normalized spacial score (nSPS) is 20.7. The van der Waals surface area contributed by atoms with Crippen LogP contribution in [0.5, 0.6) is 0 Å². The minimum absolute atomic E-state index is 0.0762. The highest BCUT2D eigenvalue weighted by Crippen LogP contribution is 2.28. The van der Waals surface area contributed by atoms with Crippen molar-refractivity contribution in [2.24, 2.45) is 0 Å². The summed E-state index contributed by atoms with van der Waals surface area (Å²) < 4.78 is 0. The van der Waals surface area contributed by atoms with Crippen LogP contribution < -0.4 is 5.32 Å². The van der Waals surface area contributed by atoms with Crippen LogP contribution in [-0.2, 0) is 4.79 Å². The number of likely N-dealkylation sites (N-methyl/N-ethyl adjacent to an activating group) is 1. The second-order valence-corrected chi connectivity index (χ2v) is 5.96. The number of carbonyl (C=O) groups is 1. The summed E-state index contributed by atoms with van der Waals surface area (Å²) in [5.74, 6) is -0.0762. The van der Waals surface area contributed by atoms with E-state index in [0.717, 1.165) is 11.1 Å². The lowest BCUT2D eigenvalue weighted by Crippen LogP contribution is -2.47. The van der Waals surface area contributed by atoms with Crippen molar-refractivity contribution >= 4 is 5.91 Å². The average molecular weight is 310 g/mol. The summed E-state index contributed by atoms with van der Waals surface area (Å²) in [7, 11) is 1.81. The van der Waals surface area contributed by atoms with Gasteiger partial charge in [-0.3, -0.25) is 4.79 Å². The van der Waals surface area contributed by atoms with Crippen molar-refractivity contribution in [3.8, 4) is 0 Å². The van der Waals surface area contributed by atoms with Gasteiger partial charge in [-0.2, -0.15) is 0 Å². The molecule has 1 unspecified atom stereocenters. The molecule has 0 saturated carbocycles. The molecule has 0 aliphatic carbocycles. The molecule has 2 aromatic rings. The Kier molecular flexibility index (Phi) is 4.74. The first-order valence-electron chi connectivity index (χ1n) is 7.96. The molecule has 1 amide bonds. The van der Waals surface area contributed by atoms with Crippen LogP contribution >= 0.6 is 0 Å². The first kappa shape index (κ1) is 15.7. The Morgan fingerprint density at radius 3 is 2.04 bits per heavy atom. The quantitative estimate of drug-likeness (QED) is 0.907. The van der Waals surface area contributed by atoms with Crippen LogP contribution in [-0.4, -0.2) is 41.7 Å². The van der Waals surface area contributed by atoms with Crippen molar-refractivity contribution in [3.05, 3.63) is 71.8 Å². The summed E-state index contributed by atoms with van der Waals surface area (Å²) in [4.78, 5) is 14.6. The van der Waals surface area contributed by atoms with Crippen molar-refractivity contribution in [1.82, 2.24) is 10.2 Å². The summed E-state index contributed by atoms with van der Waals surface area (Å²) >= 11 is 0. The van der Waals surface area contributed by atoms with Gasteiger partial charge in [-0.05, 0) is 24.1 Å². The van der Waals surface area contributed by atoms with Gasteiger partial charge < -0.3 is 15.3 Å². The molecule has 0 aromatic heterocycles. The van der Waals surface area contributed by atoms with E-state index in [0.29, 0.717) is 13.0 Å². The van der Waals surface area contributed by atoms with E-state index >= 15 is 0 Å². The molecule has 3 rings (SSSR count). The zero-order valence-corrected chi connectivity index (χ0v) is 13.2. The maximum atomic E-state index is 12.8. The topological polar surface area (TPSA) is 52.6 Å². The summed E-state index contributed by atoms with van der Waals surface area (Å²) in [5, 5.41) is 13.1. The second kappa shape index (κ2) is 6.94. The van der Waals surface area contributed by atoms with Gasteiger partial charge in [0, 0.05) is 7.05 Å². The van der Waals surface area contributed by atoms with E-state index in [-0.39, 0.29) is 11.9 Å².